The Balaban J connectivity index is 1.49. The summed E-state index contributed by atoms with van der Waals surface area (Å²) in [6.07, 6.45) is 0.317. The Morgan fingerprint density at radius 3 is 2.29 bits per heavy atom. The molecule has 0 fully saturated rings. The molecule has 4 aromatic carbocycles. The number of rotatable bonds is 8. The molecule has 1 aromatic heterocycles. The first kappa shape index (κ1) is 24.8. The van der Waals surface area contributed by atoms with Gasteiger partial charge in [-0.1, -0.05) is 84.9 Å². The Labute approximate surface area is 221 Å². The average molecular weight is 505 g/mol. The maximum atomic E-state index is 13.6. The highest BCUT2D eigenvalue weighted by atomic mass is 16.5. The zero-order chi connectivity index (χ0) is 26.3. The van der Waals surface area contributed by atoms with Gasteiger partial charge in [-0.05, 0) is 42.3 Å². The summed E-state index contributed by atoms with van der Waals surface area (Å²) in [6, 6.07) is 35.9. The first-order valence-electron chi connectivity index (χ1n) is 12.6. The summed E-state index contributed by atoms with van der Waals surface area (Å²) in [5.74, 6) is -0.0133. The number of hydrogen-bond acceptors (Lipinski definition) is 4. The van der Waals surface area contributed by atoms with Crippen molar-refractivity contribution in [3.05, 3.63) is 132 Å². The number of esters is 1. The third-order valence-corrected chi connectivity index (χ3v) is 6.20. The standard InChI is InChI=1S/C32H28N2O4/c1-2-37-31(35)26-17-11-18-27(21-26)33-32(36)34-28-19-10-9-16-25(28)22-30(34)38-29(24-14-7-4-8-15-24)20-23-12-5-3-6-13-23/h3-19,21-22,29H,2,20H2,1H3,(H,33,36). The molecule has 0 aliphatic rings. The highest BCUT2D eigenvalue weighted by Gasteiger charge is 2.22. The van der Waals surface area contributed by atoms with E-state index in [1.807, 2.05) is 78.9 Å². The van der Waals surface area contributed by atoms with Crippen LogP contribution in [0.15, 0.2) is 115 Å². The van der Waals surface area contributed by atoms with Crippen LogP contribution in [0.25, 0.3) is 10.9 Å². The normalized spacial score (nSPS) is 11.6. The van der Waals surface area contributed by atoms with E-state index < -0.39 is 12.0 Å². The van der Waals surface area contributed by atoms with E-state index in [0.717, 1.165) is 16.5 Å². The molecule has 0 bridgehead atoms. The van der Waals surface area contributed by atoms with Crippen molar-refractivity contribution in [2.24, 2.45) is 0 Å². The third-order valence-electron chi connectivity index (χ3n) is 6.20. The highest BCUT2D eigenvalue weighted by molar-refractivity contribution is 6.01. The van der Waals surface area contributed by atoms with Gasteiger partial charge in [-0.25, -0.2) is 14.2 Å². The molecule has 0 saturated heterocycles. The Hall–Kier alpha value is -4.84. The van der Waals surface area contributed by atoms with Crippen LogP contribution in [0.4, 0.5) is 10.5 Å². The van der Waals surface area contributed by atoms with Gasteiger partial charge in [0.2, 0.25) is 5.88 Å². The van der Waals surface area contributed by atoms with E-state index in [0.29, 0.717) is 29.1 Å². The van der Waals surface area contributed by atoms with Crippen molar-refractivity contribution in [2.45, 2.75) is 19.4 Å². The van der Waals surface area contributed by atoms with E-state index in [9.17, 15) is 9.59 Å². The average Bonchev–Trinajstić information content (AvgIpc) is 3.32. The second-order valence-corrected chi connectivity index (χ2v) is 8.82. The van der Waals surface area contributed by atoms with Gasteiger partial charge in [0.05, 0.1) is 17.7 Å². The summed E-state index contributed by atoms with van der Waals surface area (Å²) in [5, 5.41) is 3.79. The molecule has 1 unspecified atom stereocenters. The summed E-state index contributed by atoms with van der Waals surface area (Å²) >= 11 is 0. The summed E-state index contributed by atoms with van der Waals surface area (Å²) in [5.41, 5.74) is 3.70. The van der Waals surface area contributed by atoms with Gasteiger partial charge >= 0.3 is 12.0 Å². The van der Waals surface area contributed by atoms with Crippen molar-refractivity contribution in [2.75, 3.05) is 11.9 Å². The van der Waals surface area contributed by atoms with Gasteiger partial charge in [-0.15, -0.1) is 0 Å². The molecular weight excluding hydrogens is 476 g/mol. The second-order valence-electron chi connectivity index (χ2n) is 8.82. The molecule has 5 rings (SSSR count). The molecule has 0 aliphatic heterocycles. The van der Waals surface area contributed by atoms with E-state index in [4.69, 9.17) is 9.47 Å². The van der Waals surface area contributed by atoms with Crippen LogP contribution in [0.3, 0.4) is 0 Å². The molecule has 190 valence electrons. The second kappa shape index (κ2) is 11.5. The zero-order valence-electron chi connectivity index (χ0n) is 21.0. The molecule has 38 heavy (non-hydrogen) atoms. The summed E-state index contributed by atoms with van der Waals surface area (Å²) in [6.45, 7) is 2.03. The van der Waals surface area contributed by atoms with E-state index in [1.54, 1.807) is 31.2 Å². The van der Waals surface area contributed by atoms with Crippen molar-refractivity contribution < 1.29 is 19.1 Å². The van der Waals surface area contributed by atoms with Crippen molar-refractivity contribution in [1.82, 2.24) is 4.57 Å². The predicted molar refractivity (Wildman–Crippen MR) is 149 cm³/mol. The maximum Gasteiger partial charge on any atom is 0.338 e. The number of fused-ring (bicyclic) bond motifs is 1. The van der Waals surface area contributed by atoms with Crippen LogP contribution in [0.2, 0.25) is 0 Å². The lowest BCUT2D eigenvalue weighted by Crippen LogP contribution is -2.22. The van der Waals surface area contributed by atoms with Crippen LogP contribution < -0.4 is 10.1 Å². The van der Waals surface area contributed by atoms with Gasteiger partial charge in [-0.3, -0.25) is 0 Å². The number of para-hydroxylation sites is 1. The van der Waals surface area contributed by atoms with Crippen LogP contribution in [0.1, 0.15) is 34.5 Å². The molecule has 5 aromatic rings. The van der Waals surface area contributed by atoms with E-state index in [2.05, 4.69) is 17.4 Å². The Morgan fingerprint density at radius 1 is 0.816 bits per heavy atom. The lowest BCUT2D eigenvalue weighted by atomic mass is 10.0. The molecule has 6 nitrogen and oxygen atoms in total. The fourth-order valence-electron chi connectivity index (χ4n) is 4.41. The molecule has 1 N–H and O–H groups in total. The lowest BCUT2D eigenvalue weighted by Gasteiger charge is -2.21. The number of carbonyl (C=O) groups excluding carboxylic acids is 2. The van der Waals surface area contributed by atoms with Crippen molar-refractivity contribution in [3.63, 3.8) is 0 Å². The fraction of sp³-hybridized carbons (Fsp3) is 0.125. The largest absolute Gasteiger partial charge is 0.470 e. The Bertz CT molecular complexity index is 1540. The minimum Gasteiger partial charge on any atom is -0.470 e. The van der Waals surface area contributed by atoms with Crippen molar-refractivity contribution >= 4 is 28.6 Å². The van der Waals surface area contributed by atoms with Gasteiger partial charge < -0.3 is 14.8 Å². The van der Waals surface area contributed by atoms with Gasteiger partial charge in [-0.2, -0.15) is 0 Å². The monoisotopic (exact) mass is 504 g/mol. The van der Waals surface area contributed by atoms with Crippen LogP contribution in [-0.2, 0) is 11.2 Å². The fourth-order valence-corrected chi connectivity index (χ4v) is 4.41. The smallest absolute Gasteiger partial charge is 0.338 e. The molecule has 0 saturated carbocycles. The number of benzene rings is 4. The van der Waals surface area contributed by atoms with Crippen molar-refractivity contribution in [1.29, 1.82) is 0 Å². The minimum atomic E-state index is -0.439. The SMILES string of the molecule is CCOC(=O)c1cccc(NC(=O)n2c(OC(Cc3ccccc3)c3ccccc3)cc3ccccc32)c1. The molecular formula is C32H28N2O4. The molecule has 1 atom stereocenters. The van der Waals surface area contributed by atoms with Crippen LogP contribution >= 0.6 is 0 Å². The molecule has 0 radical (unpaired) electrons. The van der Waals surface area contributed by atoms with Crippen LogP contribution in [0, 0.1) is 0 Å². The highest BCUT2D eigenvalue weighted by Crippen LogP contribution is 2.31. The third kappa shape index (κ3) is 5.60. The molecule has 1 amide bonds. The van der Waals surface area contributed by atoms with Gasteiger partial charge in [0.25, 0.3) is 0 Å². The first-order chi connectivity index (χ1) is 18.6. The maximum absolute atomic E-state index is 13.6. The van der Waals surface area contributed by atoms with Crippen LogP contribution in [0.5, 0.6) is 5.88 Å². The van der Waals surface area contributed by atoms with E-state index in [1.165, 1.54) is 4.57 Å². The Kier molecular flexibility index (Phi) is 7.50. The number of ether oxygens (including phenoxy) is 2. The zero-order valence-corrected chi connectivity index (χ0v) is 21.0. The van der Waals surface area contributed by atoms with Gasteiger partial charge in [0, 0.05) is 23.6 Å². The Morgan fingerprint density at radius 2 is 1.53 bits per heavy atom. The molecule has 0 aliphatic carbocycles. The number of nitrogens with one attached hydrogen (secondary N) is 1. The van der Waals surface area contributed by atoms with E-state index >= 15 is 0 Å². The van der Waals surface area contributed by atoms with E-state index in [-0.39, 0.29) is 12.7 Å². The number of hydrogen-bond donors (Lipinski definition) is 1. The molecule has 1 heterocycles. The predicted octanol–water partition coefficient (Wildman–Crippen LogP) is 7.26. The topological polar surface area (TPSA) is 69.6 Å². The van der Waals surface area contributed by atoms with Gasteiger partial charge in [0.15, 0.2) is 0 Å². The number of anilines is 1. The summed E-state index contributed by atoms with van der Waals surface area (Å²) in [4.78, 5) is 25.8. The minimum absolute atomic E-state index is 0.275. The van der Waals surface area contributed by atoms with Gasteiger partial charge in [0.1, 0.15) is 6.10 Å². The molecule has 6 heteroatoms. The number of aromatic nitrogens is 1. The first-order valence-corrected chi connectivity index (χ1v) is 12.6. The quantitative estimate of drug-likeness (QED) is 0.226. The van der Waals surface area contributed by atoms with Crippen LogP contribution in [-0.4, -0.2) is 23.2 Å². The lowest BCUT2D eigenvalue weighted by molar-refractivity contribution is 0.0526. The number of carbonyl (C=O) groups is 2. The number of nitrogens with zero attached hydrogens (tertiary/aromatic N) is 1. The summed E-state index contributed by atoms with van der Waals surface area (Å²) in [7, 11) is 0. The summed E-state index contributed by atoms with van der Waals surface area (Å²) < 4.78 is 13.2. The van der Waals surface area contributed by atoms with Crippen molar-refractivity contribution in [3.8, 4) is 5.88 Å². The number of amides is 1. The molecule has 0 spiro atoms.